The lowest BCUT2D eigenvalue weighted by atomic mass is 9.88. The zero-order valence-corrected chi connectivity index (χ0v) is 9.80. The van der Waals surface area contributed by atoms with Crippen molar-refractivity contribution in [1.82, 2.24) is 0 Å². The number of rotatable bonds is 8. The molecule has 0 fully saturated rings. The van der Waals surface area contributed by atoms with Crippen LogP contribution in [0.25, 0.3) is 0 Å². The zero-order valence-electron chi connectivity index (χ0n) is 9.80. The quantitative estimate of drug-likeness (QED) is 0.651. The Morgan fingerprint density at radius 2 is 1.12 bits per heavy atom. The maximum Gasteiger partial charge on any atom is 0.306 e. The molecule has 0 aromatic heterocycles. The summed E-state index contributed by atoms with van der Waals surface area (Å²) in [6, 6.07) is 0. The van der Waals surface area contributed by atoms with Crippen molar-refractivity contribution >= 4 is 23.5 Å². The van der Waals surface area contributed by atoms with E-state index in [2.05, 4.69) is 0 Å². The van der Waals surface area contributed by atoms with Gasteiger partial charge in [-0.05, 0) is 20.3 Å². The number of aliphatic carboxylic acids is 2. The van der Waals surface area contributed by atoms with E-state index in [1.54, 1.807) is 0 Å². The first-order valence-electron chi connectivity index (χ1n) is 5.18. The highest BCUT2D eigenvalue weighted by Gasteiger charge is 2.28. The summed E-state index contributed by atoms with van der Waals surface area (Å²) in [6.07, 6.45) is -0.627. The topological polar surface area (TPSA) is 109 Å². The van der Waals surface area contributed by atoms with Gasteiger partial charge in [0.05, 0.1) is 11.8 Å². The van der Waals surface area contributed by atoms with Gasteiger partial charge in [-0.2, -0.15) is 0 Å². The summed E-state index contributed by atoms with van der Waals surface area (Å²) in [5.74, 6) is -5.15. The number of hydrogen-bond acceptors (Lipinski definition) is 4. The molecular weight excluding hydrogens is 228 g/mol. The van der Waals surface area contributed by atoms with E-state index in [1.165, 1.54) is 13.8 Å². The molecule has 6 nitrogen and oxygen atoms in total. The van der Waals surface area contributed by atoms with Gasteiger partial charge >= 0.3 is 11.9 Å². The average Bonchev–Trinajstić information content (AvgIpc) is 2.13. The molecule has 0 saturated carbocycles. The molecule has 0 spiro atoms. The maximum atomic E-state index is 10.9. The summed E-state index contributed by atoms with van der Waals surface area (Å²) in [6.45, 7) is 2.49. The molecule has 96 valence electrons. The molecule has 0 aliphatic heterocycles. The van der Waals surface area contributed by atoms with Crippen molar-refractivity contribution in [1.29, 1.82) is 0 Å². The third-order valence-corrected chi connectivity index (χ3v) is 2.34. The van der Waals surface area contributed by atoms with Crippen LogP contribution in [0.2, 0.25) is 0 Å². The van der Waals surface area contributed by atoms with E-state index in [1.807, 2.05) is 0 Å². The minimum atomic E-state index is -1.21. The Balaban J connectivity index is 4.67. The number of carbonyl (C=O) groups excluding carboxylic acids is 2. The normalized spacial score (nSPS) is 13.8. The molecular formula is C11H16O6. The van der Waals surface area contributed by atoms with E-state index in [9.17, 15) is 19.2 Å². The molecule has 6 heteroatoms. The van der Waals surface area contributed by atoms with Crippen LogP contribution in [0.3, 0.4) is 0 Å². The second-order valence-electron chi connectivity index (χ2n) is 4.12. The summed E-state index contributed by atoms with van der Waals surface area (Å²) >= 11 is 0. The number of carbonyl (C=O) groups is 4. The highest BCUT2D eigenvalue weighted by molar-refractivity contribution is 5.84. The lowest BCUT2D eigenvalue weighted by molar-refractivity contribution is -0.148. The van der Waals surface area contributed by atoms with Crippen molar-refractivity contribution in [3.8, 4) is 0 Å². The van der Waals surface area contributed by atoms with Crippen molar-refractivity contribution in [2.24, 2.45) is 11.8 Å². The molecule has 0 rings (SSSR count). The third-order valence-electron chi connectivity index (χ3n) is 2.34. The van der Waals surface area contributed by atoms with Crippen molar-refractivity contribution in [2.45, 2.75) is 33.1 Å². The summed E-state index contributed by atoms with van der Waals surface area (Å²) in [4.78, 5) is 43.4. The van der Waals surface area contributed by atoms with Crippen LogP contribution < -0.4 is 0 Å². The molecule has 0 saturated heterocycles. The van der Waals surface area contributed by atoms with Crippen molar-refractivity contribution in [2.75, 3.05) is 0 Å². The smallest absolute Gasteiger partial charge is 0.306 e. The standard InChI is InChI=1S/C11H16O6/c1-6(12)3-8(10(14)15)5-9(11(16)17)4-7(2)13/h8-9H,3-5H2,1-2H3,(H,14,15)(H,16,17). The fraction of sp³-hybridized carbons (Fsp3) is 0.636. The van der Waals surface area contributed by atoms with E-state index in [-0.39, 0.29) is 30.8 Å². The molecule has 0 aliphatic rings. The monoisotopic (exact) mass is 244 g/mol. The predicted molar refractivity (Wildman–Crippen MR) is 57.5 cm³/mol. The summed E-state index contributed by atoms with van der Waals surface area (Å²) in [7, 11) is 0. The van der Waals surface area contributed by atoms with Crippen LogP contribution in [0.4, 0.5) is 0 Å². The Kier molecular flexibility index (Phi) is 6.09. The summed E-state index contributed by atoms with van der Waals surface area (Å²) in [5, 5.41) is 17.7. The molecule has 2 atom stereocenters. The predicted octanol–water partition coefficient (Wildman–Crippen LogP) is 0.736. The molecule has 17 heavy (non-hydrogen) atoms. The Bertz CT molecular complexity index is 301. The zero-order chi connectivity index (χ0) is 13.6. The molecule has 0 aliphatic carbocycles. The highest BCUT2D eigenvalue weighted by atomic mass is 16.4. The van der Waals surface area contributed by atoms with Gasteiger partial charge < -0.3 is 19.8 Å². The fourth-order valence-electron chi connectivity index (χ4n) is 1.58. The first kappa shape index (κ1) is 15.3. The highest BCUT2D eigenvalue weighted by Crippen LogP contribution is 2.20. The molecule has 2 unspecified atom stereocenters. The second kappa shape index (κ2) is 6.78. The first-order chi connectivity index (χ1) is 7.73. The van der Waals surface area contributed by atoms with Crippen molar-refractivity contribution < 1.29 is 29.4 Å². The molecule has 0 aromatic carbocycles. The van der Waals surface area contributed by atoms with Gasteiger partial charge in [-0.3, -0.25) is 9.59 Å². The van der Waals surface area contributed by atoms with Gasteiger partial charge in [-0.25, -0.2) is 0 Å². The second-order valence-corrected chi connectivity index (χ2v) is 4.12. The van der Waals surface area contributed by atoms with E-state index in [0.29, 0.717) is 0 Å². The molecule has 2 N–H and O–H groups in total. The molecule has 0 heterocycles. The van der Waals surface area contributed by atoms with Crippen molar-refractivity contribution in [3.63, 3.8) is 0 Å². The van der Waals surface area contributed by atoms with Crippen molar-refractivity contribution in [3.05, 3.63) is 0 Å². The fourth-order valence-corrected chi connectivity index (χ4v) is 1.58. The maximum absolute atomic E-state index is 10.9. The first-order valence-corrected chi connectivity index (χ1v) is 5.18. The van der Waals surface area contributed by atoms with Gasteiger partial charge in [0, 0.05) is 12.8 Å². The largest absolute Gasteiger partial charge is 0.481 e. The van der Waals surface area contributed by atoms with Gasteiger partial charge in [-0.15, -0.1) is 0 Å². The summed E-state index contributed by atoms with van der Waals surface area (Å²) < 4.78 is 0. The lowest BCUT2D eigenvalue weighted by Crippen LogP contribution is -2.25. The van der Waals surface area contributed by atoms with Crippen LogP contribution in [0.15, 0.2) is 0 Å². The van der Waals surface area contributed by atoms with Crippen LogP contribution in [-0.2, 0) is 19.2 Å². The van der Waals surface area contributed by atoms with Crippen LogP contribution in [-0.4, -0.2) is 33.7 Å². The number of Topliss-reactive ketones (excluding diaryl/α,β-unsaturated/α-hetero) is 2. The minimum absolute atomic E-state index is 0.205. The average molecular weight is 244 g/mol. The van der Waals surface area contributed by atoms with Gasteiger partial charge in [0.25, 0.3) is 0 Å². The van der Waals surface area contributed by atoms with Gasteiger partial charge in [0.1, 0.15) is 11.6 Å². The van der Waals surface area contributed by atoms with E-state index in [4.69, 9.17) is 10.2 Å². The van der Waals surface area contributed by atoms with E-state index >= 15 is 0 Å². The van der Waals surface area contributed by atoms with Crippen LogP contribution in [0, 0.1) is 11.8 Å². The number of carboxylic acid groups (broad SMARTS) is 2. The number of ketones is 2. The van der Waals surface area contributed by atoms with Gasteiger partial charge in [-0.1, -0.05) is 0 Å². The molecule has 0 amide bonds. The van der Waals surface area contributed by atoms with E-state index < -0.39 is 23.8 Å². The van der Waals surface area contributed by atoms with Gasteiger partial charge in [0.15, 0.2) is 0 Å². The van der Waals surface area contributed by atoms with Crippen LogP contribution >= 0.6 is 0 Å². The Labute approximate surface area is 98.6 Å². The number of hydrogen-bond donors (Lipinski definition) is 2. The summed E-state index contributed by atoms with van der Waals surface area (Å²) in [5.41, 5.74) is 0. The lowest BCUT2D eigenvalue weighted by Gasteiger charge is -2.15. The molecule has 0 radical (unpaired) electrons. The molecule has 0 aromatic rings. The van der Waals surface area contributed by atoms with Crippen LogP contribution in [0.1, 0.15) is 33.1 Å². The van der Waals surface area contributed by atoms with Gasteiger partial charge in [0.2, 0.25) is 0 Å². The Hall–Kier alpha value is -1.72. The minimum Gasteiger partial charge on any atom is -0.481 e. The molecule has 0 bridgehead atoms. The third kappa shape index (κ3) is 6.44. The van der Waals surface area contributed by atoms with Crippen LogP contribution in [0.5, 0.6) is 0 Å². The Morgan fingerprint density at radius 3 is 1.29 bits per heavy atom. The number of carboxylic acids is 2. The van der Waals surface area contributed by atoms with E-state index in [0.717, 1.165) is 0 Å². The SMILES string of the molecule is CC(=O)CC(CC(CC(C)=O)C(=O)O)C(=O)O. The Morgan fingerprint density at radius 1 is 0.824 bits per heavy atom.